The Morgan fingerprint density at radius 1 is 1.30 bits per heavy atom. The van der Waals surface area contributed by atoms with Crippen LogP contribution in [0.2, 0.25) is 0 Å². The minimum atomic E-state index is 0.665. The lowest BCUT2D eigenvalue weighted by atomic mass is 10.2. The molecule has 0 amide bonds. The molecule has 0 unspecified atom stereocenters. The van der Waals surface area contributed by atoms with E-state index in [0.717, 1.165) is 43.7 Å². The Bertz CT molecular complexity index is 396. The van der Waals surface area contributed by atoms with E-state index in [1.165, 1.54) is 12.8 Å². The SMILES string of the molecule is CC(C)CNCc1cc(CN(CC(C)C)C2CC2)on1. The molecule has 0 aromatic carbocycles. The molecule has 1 aromatic rings. The number of aromatic nitrogens is 1. The van der Waals surface area contributed by atoms with Crippen LogP contribution < -0.4 is 5.32 Å². The van der Waals surface area contributed by atoms with Gasteiger partial charge in [-0.25, -0.2) is 0 Å². The predicted molar refractivity (Wildman–Crippen MR) is 81.3 cm³/mol. The second kappa shape index (κ2) is 7.23. The summed E-state index contributed by atoms with van der Waals surface area (Å²) in [6.45, 7) is 12.8. The summed E-state index contributed by atoms with van der Waals surface area (Å²) in [7, 11) is 0. The quantitative estimate of drug-likeness (QED) is 0.754. The highest BCUT2D eigenvalue weighted by Crippen LogP contribution is 2.29. The second-order valence-electron chi connectivity index (χ2n) is 6.86. The average molecular weight is 279 g/mol. The first-order valence-electron chi connectivity index (χ1n) is 7.93. The molecule has 1 N–H and O–H groups in total. The molecule has 1 fully saturated rings. The van der Waals surface area contributed by atoms with Gasteiger partial charge in [0.1, 0.15) is 0 Å². The van der Waals surface area contributed by atoms with Crippen molar-refractivity contribution in [1.29, 1.82) is 0 Å². The van der Waals surface area contributed by atoms with Crippen molar-refractivity contribution in [2.45, 2.75) is 59.7 Å². The smallest absolute Gasteiger partial charge is 0.151 e. The van der Waals surface area contributed by atoms with E-state index in [-0.39, 0.29) is 0 Å². The number of nitrogens with one attached hydrogen (secondary N) is 1. The van der Waals surface area contributed by atoms with E-state index in [0.29, 0.717) is 11.8 Å². The molecule has 0 saturated heterocycles. The van der Waals surface area contributed by atoms with Crippen LogP contribution in [-0.2, 0) is 13.1 Å². The average Bonchev–Trinajstić information content (AvgIpc) is 3.10. The zero-order valence-electron chi connectivity index (χ0n) is 13.4. The molecule has 1 saturated carbocycles. The number of rotatable bonds is 9. The van der Waals surface area contributed by atoms with Gasteiger partial charge in [-0.3, -0.25) is 4.90 Å². The minimum absolute atomic E-state index is 0.665. The molecule has 1 heterocycles. The Balaban J connectivity index is 1.81. The fourth-order valence-electron chi connectivity index (χ4n) is 2.45. The summed E-state index contributed by atoms with van der Waals surface area (Å²) >= 11 is 0. The fourth-order valence-corrected chi connectivity index (χ4v) is 2.45. The maximum Gasteiger partial charge on any atom is 0.151 e. The van der Waals surface area contributed by atoms with Gasteiger partial charge in [0.05, 0.1) is 12.2 Å². The van der Waals surface area contributed by atoms with E-state index in [1.54, 1.807) is 0 Å². The van der Waals surface area contributed by atoms with Gasteiger partial charge in [-0.15, -0.1) is 0 Å². The Morgan fingerprint density at radius 3 is 2.65 bits per heavy atom. The summed E-state index contributed by atoms with van der Waals surface area (Å²) in [5.41, 5.74) is 1.01. The third-order valence-corrected chi connectivity index (χ3v) is 3.49. The van der Waals surface area contributed by atoms with E-state index in [4.69, 9.17) is 4.52 Å². The zero-order valence-corrected chi connectivity index (χ0v) is 13.4. The number of hydrogen-bond donors (Lipinski definition) is 1. The van der Waals surface area contributed by atoms with Crippen LogP contribution in [0.3, 0.4) is 0 Å². The van der Waals surface area contributed by atoms with Gasteiger partial charge in [0.15, 0.2) is 5.76 Å². The summed E-state index contributed by atoms with van der Waals surface area (Å²) in [5, 5.41) is 7.56. The van der Waals surface area contributed by atoms with Crippen molar-refractivity contribution in [3.63, 3.8) is 0 Å². The van der Waals surface area contributed by atoms with Gasteiger partial charge in [0.2, 0.25) is 0 Å². The lowest BCUT2D eigenvalue weighted by molar-refractivity contribution is 0.200. The van der Waals surface area contributed by atoms with Crippen LogP contribution in [0, 0.1) is 11.8 Å². The second-order valence-corrected chi connectivity index (χ2v) is 6.86. The number of hydrogen-bond acceptors (Lipinski definition) is 4. The summed E-state index contributed by atoms with van der Waals surface area (Å²) < 4.78 is 5.48. The Labute approximate surface area is 122 Å². The van der Waals surface area contributed by atoms with Crippen molar-refractivity contribution in [3.05, 3.63) is 17.5 Å². The van der Waals surface area contributed by atoms with E-state index in [1.807, 2.05) is 0 Å². The third kappa shape index (κ3) is 5.25. The molecule has 0 radical (unpaired) electrons. The first kappa shape index (κ1) is 15.5. The normalized spacial score (nSPS) is 15.8. The standard InChI is InChI=1S/C16H29N3O/c1-12(2)8-17-9-14-7-16(20-18-14)11-19(10-13(3)4)15-5-6-15/h7,12-13,15,17H,5-6,8-11H2,1-4H3. The summed E-state index contributed by atoms with van der Waals surface area (Å²) in [4.78, 5) is 2.54. The lowest BCUT2D eigenvalue weighted by Crippen LogP contribution is -2.29. The molecule has 4 nitrogen and oxygen atoms in total. The minimum Gasteiger partial charge on any atom is -0.360 e. The molecule has 1 aliphatic carbocycles. The van der Waals surface area contributed by atoms with E-state index < -0.39 is 0 Å². The summed E-state index contributed by atoms with van der Waals surface area (Å²) in [6, 6.07) is 2.87. The molecule has 1 aliphatic rings. The predicted octanol–water partition coefficient (Wildman–Crippen LogP) is 3.04. The van der Waals surface area contributed by atoms with Crippen molar-refractivity contribution in [3.8, 4) is 0 Å². The van der Waals surface area contributed by atoms with Crippen LogP contribution in [0.4, 0.5) is 0 Å². The maximum absolute atomic E-state index is 5.48. The van der Waals surface area contributed by atoms with Crippen molar-refractivity contribution in [1.82, 2.24) is 15.4 Å². The highest BCUT2D eigenvalue weighted by atomic mass is 16.5. The van der Waals surface area contributed by atoms with E-state index >= 15 is 0 Å². The molecule has 114 valence electrons. The molecular formula is C16H29N3O. The van der Waals surface area contributed by atoms with Gasteiger partial charge < -0.3 is 9.84 Å². The van der Waals surface area contributed by atoms with Crippen LogP contribution in [-0.4, -0.2) is 29.2 Å². The molecule has 0 spiro atoms. The first-order valence-corrected chi connectivity index (χ1v) is 7.93. The van der Waals surface area contributed by atoms with Crippen molar-refractivity contribution < 1.29 is 4.52 Å². The van der Waals surface area contributed by atoms with Gasteiger partial charge in [-0.05, 0) is 31.2 Å². The van der Waals surface area contributed by atoms with Crippen molar-refractivity contribution >= 4 is 0 Å². The fraction of sp³-hybridized carbons (Fsp3) is 0.812. The summed E-state index contributed by atoms with van der Waals surface area (Å²) in [5.74, 6) is 2.36. The van der Waals surface area contributed by atoms with Crippen LogP contribution in [0.5, 0.6) is 0 Å². The third-order valence-electron chi connectivity index (χ3n) is 3.49. The van der Waals surface area contributed by atoms with Gasteiger partial charge in [0.25, 0.3) is 0 Å². The summed E-state index contributed by atoms with van der Waals surface area (Å²) in [6.07, 6.45) is 2.67. The highest BCUT2D eigenvalue weighted by molar-refractivity contribution is 5.06. The largest absolute Gasteiger partial charge is 0.360 e. The van der Waals surface area contributed by atoms with Crippen molar-refractivity contribution in [2.24, 2.45) is 11.8 Å². The van der Waals surface area contributed by atoms with Crippen molar-refractivity contribution in [2.75, 3.05) is 13.1 Å². The van der Waals surface area contributed by atoms with Crippen LogP contribution in [0.25, 0.3) is 0 Å². The molecule has 1 aromatic heterocycles. The molecule has 0 aliphatic heterocycles. The monoisotopic (exact) mass is 279 g/mol. The molecule has 20 heavy (non-hydrogen) atoms. The molecular weight excluding hydrogens is 250 g/mol. The Kier molecular flexibility index (Phi) is 5.61. The zero-order chi connectivity index (χ0) is 14.5. The van der Waals surface area contributed by atoms with E-state index in [9.17, 15) is 0 Å². The van der Waals surface area contributed by atoms with Gasteiger partial charge >= 0.3 is 0 Å². The Morgan fingerprint density at radius 2 is 2.05 bits per heavy atom. The van der Waals surface area contributed by atoms with Gasteiger partial charge in [-0.1, -0.05) is 32.9 Å². The topological polar surface area (TPSA) is 41.3 Å². The number of nitrogens with zero attached hydrogens (tertiary/aromatic N) is 2. The molecule has 0 bridgehead atoms. The Hall–Kier alpha value is -0.870. The molecule has 0 atom stereocenters. The van der Waals surface area contributed by atoms with Crippen LogP contribution in [0.15, 0.2) is 10.6 Å². The van der Waals surface area contributed by atoms with Crippen LogP contribution >= 0.6 is 0 Å². The van der Waals surface area contributed by atoms with E-state index in [2.05, 4.69) is 49.1 Å². The molecule has 4 heteroatoms. The molecule has 2 rings (SSSR count). The van der Waals surface area contributed by atoms with Crippen LogP contribution in [0.1, 0.15) is 52.0 Å². The first-order chi connectivity index (χ1) is 9.54. The highest BCUT2D eigenvalue weighted by Gasteiger charge is 2.30. The maximum atomic E-state index is 5.48. The van der Waals surface area contributed by atoms with Gasteiger partial charge in [0, 0.05) is 25.2 Å². The van der Waals surface area contributed by atoms with Gasteiger partial charge in [-0.2, -0.15) is 0 Å². The lowest BCUT2D eigenvalue weighted by Gasteiger charge is -2.22.